The maximum atomic E-state index is 13.7. The monoisotopic (exact) mass is 488 g/mol. The van der Waals surface area contributed by atoms with Crippen LogP contribution in [-0.2, 0) is 4.79 Å². The number of rotatable bonds is 5. The molecule has 36 heavy (non-hydrogen) atoms. The Bertz CT molecular complexity index is 1220. The average Bonchev–Trinajstić information content (AvgIpc) is 3.52. The van der Waals surface area contributed by atoms with Crippen molar-refractivity contribution in [1.82, 2.24) is 15.2 Å². The number of urea groups is 1. The third-order valence-electron chi connectivity index (χ3n) is 7.73. The SMILES string of the molecule is Cc1cc(C2CC2)cnc1N1CCN(C(=O)c2ccc(N3CCCC3=O)cc2N2CCNC2=O)CC1. The minimum atomic E-state index is -0.213. The molecule has 4 fully saturated rings. The standard InChI is InChI=1S/C27H32N6O3/c1-18-15-20(19-4-5-19)17-29-25(18)30-11-13-31(14-12-30)26(35)22-7-6-21(32-9-2-3-24(32)34)16-23(22)33-10-8-28-27(33)36/h6-7,15-17,19H,2-5,8-14H2,1H3,(H,28,36). The van der Waals surface area contributed by atoms with Crippen molar-refractivity contribution in [1.29, 1.82) is 0 Å². The van der Waals surface area contributed by atoms with Crippen LogP contribution >= 0.6 is 0 Å². The summed E-state index contributed by atoms with van der Waals surface area (Å²) in [7, 11) is 0. The second-order valence-corrected chi connectivity index (χ2v) is 10.2. The number of pyridine rings is 1. The van der Waals surface area contributed by atoms with Crippen LogP contribution in [0.4, 0.5) is 22.0 Å². The summed E-state index contributed by atoms with van der Waals surface area (Å²) in [5.74, 6) is 1.68. The molecule has 3 aliphatic heterocycles. The number of nitrogens with zero attached hydrogens (tertiary/aromatic N) is 5. The van der Waals surface area contributed by atoms with Gasteiger partial charge in [-0.15, -0.1) is 0 Å². The highest BCUT2D eigenvalue weighted by Crippen LogP contribution is 2.40. The van der Waals surface area contributed by atoms with E-state index in [0.717, 1.165) is 17.9 Å². The molecule has 9 nitrogen and oxygen atoms in total. The Kier molecular flexibility index (Phi) is 5.78. The topological polar surface area (TPSA) is 89.1 Å². The fourth-order valence-electron chi connectivity index (χ4n) is 5.57. The molecule has 0 bridgehead atoms. The van der Waals surface area contributed by atoms with Crippen LogP contribution in [-0.4, -0.2) is 73.5 Å². The number of nitrogens with one attached hydrogen (secondary N) is 1. The van der Waals surface area contributed by atoms with Crippen LogP contribution in [0.1, 0.15) is 53.1 Å². The molecule has 188 valence electrons. The van der Waals surface area contributed by atoms with Gasteiger partial charge in [0.1, 0.15) is 5.82 Å². The molecular formula is C27H32N6O3. The first kappa shape index (κ1) is 22.8. The van der Waals surface area contributed by atoms with E-state index in [1.807, 2.05) is 23.2 Å². The van der Waals surface area contributed by atoms with Gasteiger partial charge in [-0.2, -0.15) is 0 Å². The van der Waals surface area contributed by atoms with E-state index in [4.69, 9.17) is 4.98 Å². The highest BCUT2D eigenvalue weighted by molar-refractivity contribution is 6.07. The lowest BCUT2D eigenvalue weighted by molar-refractivity contribution is -0.117. The third-order valence-corrected chi connectivity index (χ3v) is 7.73. The Morgan fingerprint density at radius 1 is 1.00 bits per heavy atom. The predicted molar refractivity (Wildman–Crippen MR) is 138 cm³/mol. The summed E-state index contributed by atoms with van der Waals surface area (Å²) in [6.07, 6.45) is 5.88. The van der Waals surface area contributed by atoms with E-state index in [-0.39, 0.29) is 17.8 Å². The summed E-state index contributed by atoms with van der Waals surface area (Å²) >= 11 is 0. The first-order chi connectivity index (χ1) is 17.5. The first-order valence-corrected chi connectivity index (χ1v) is 13.0. The number of hydrogen-bond acceptors (Lipinski definition) is 5. The molecule has 0 atom stereocenters. The van der Waals surface area contributed by atoms with Gasteiger partial charge in [0.05, 0.1) is 11.3 Å². The molecule has 3 saturated heterocycles. The molecular weight excluding hydrogens is 456 g/mol. The summed E-state index contributed by atoms with van der Waals surface area (Å²) < 4.78 is 0. The van der Waals surface area contributed by atoms with Crippen LogP contribution in [0.3, 0.4) is 0 Å². The second-order valence-electron chi connectivity index (χ2n) is 10.2. The number of piperazine rings is 1. The summed E-state index contributed by atoms with van der Waals surface area (Å²) in [4.78, 5) is 50.7. The van der Waals surface area contributed by atoms with Gasteiger partial charge in [-0.1, -0.05) is 6.07 Å². The van der Waals surface area contributed by atoms with Gasteiger partial charge in [0.15, 0.2) is 0 Å². The fraction of sp³-hybridized carbons (Fsp3) is 0.481. The zero-order chi connectivity index (χ0) is 24.8. The first-order valence-electron chi connectivity index (χ1n) is 13.0. The highest BCUT2D eigenvalue weighted by Gasteiger charge is 2.32. The van der Waals surface area contributed by atoms with Crippen LogP contribution in [0.5, 0.6) is 0 Å². The molecule has 0 radical (unpaired) electrons. The normalized spacial score (nSPS) is 20.4. The minimum absolute atomic E-state index is 0.0797. The molecule has 4 aliphatic rings. The molecule has 9 heteroatoms. The Balaban J connectivity index is 1.21. The van der Waals surface area contributed by atoms with E-state index in [2.05, 4.69) is 23.2 Å². The lowest BCUT2D eigenvalue weighted by Crippen LogP contribution is -2.49. The maximum absolute atomic E-state index is 13.7. The number of amides is 4. The molecule has 2 aromatic rings. The van der Waals surface area contributed by atoms with Crippen LogP contribution in [0.15, 0.2) is 30.5 Å². The quantitative estimate of drug-likeness (QED) is 0.699. The van der Waals surface area contributed by atoms with Gasteiger partial charge >= 0.3 is 6.03 Å². The number of aryl methyl sites for hydroxylation is 1. The minimum Gasteiger partial charge on any atom is -0.353 e. The number of anilines is 3. The molecule has 0 spiro atoms. The van der Waals surface area contributed by atoms with Gasteiger partial charge in [0, 0.05) is 64.1 Å². The van der Waals surface area contributed by atoms with Gasteiger partial charge in [-0.25, -0.2) is 9.78 Å². The number of aromatic nitrogens is 1. The Morgan fingerprint density at radius 2 is 1.81 bits per heavy atom. The van der Waals surface area contributed by atoms with Crippen molar-refractivity contribution in [2.75, 3.05) is 60.5 Å². The van der Waals surface area contributed by atoms with Crippen molar-refractivity contribution in [3.63, 3.8) is 0 Å². The van der Waals surface area contributed by atoms with Gasteiger partial charge in [0.25, 0.3) is 5.91 Å². The Morgan fingerprint density at radius 3 is 2.44 bits per heavy atom. The Labute approximate surface area is 211 Å². The smallest absolute Gasteiger partial charge is 0.322 e. The Hall–Kier alpha value is -3.62. The van der Waals surface area contributed by atoms with Crippen molar-refractivity contribution >= 4 is 35.0 Å². The van der Waals surface area contributed by atoms with Crippen LogP contribution in [0.25, 0.3) is 0 Å². The average molecular weight is 489 g/mol. The highest BCUT2D eigenvalue weighted by atomic mass is 16.2. The molecule has 1 saturated carbocycles. The van der Waals surface area contributed by atoms with Gasteiger partial charge < -0.3 is 20.0 Å². The number of benzene rings is 1. The van der Waals surface area contributed by atoms with E-state index < -0.39 is 0 Å². The summed E-state index contributed by atoms with van der Waals surface area (Å²) in [6, 6.07) is 7.48. The predicted octanol–water partition coefficient (Wildman–Crippen LogP) is 2.89. The van der Waals surface area contributed by atoms with E-state index in [1.165, 1.54) is 24.0 Å². The van der Waals surface area contributed by atoms with E-state index in [9.17, 15) is 14.4 Å². The summed E-state index contributed by atoms with van der Waals surface area (Å²) in [6.45, 7) is 6.39. The second kappa shape index (κ2) is 9.11. The molecule has 0 unspecified atom stereocenters. The van der Waals surface area contributed by atoms with E-state index >= 15 is 0 Å². The largest absolute Gasteiger partial charge is 0.353 e. The van der Waals surface area contributed by atoms with Crippen LogP contribution in [0.2, 0.25) is 0 Å². The molecule has 1 N–H and O–H groups in total. The summed E-state index contributed by atoms with van der Waals surface area (Å²) in [5.41, 5.74) is 4.34. The fourth-order valence-corrected chi connectivity index (χ4v) is 5.57. The van der Waals surface area contributed by atoms with Crippen molar-refractivity contribution < 1.29 is 14.4 Å². The van der Waals surface area contributed by atoms with Gasteiger partial charge in [0.2, 0.25) is 5.91 Å². The summed E-state index contributed by atoms with van der Waals surface area (Å²) in [5, 5.41) is 2.82. The molecule has 4 heterocycles. The lowest BCUT2D eigenvalue weighted by Gasteiger charge is -2.36. The third kappa shape index (κ3) is 4.16. The molecule has 1 aliphatic carbocycles. The number of carbonyl (C=O) groups is 3. The van der Waals surface area contributed by atoms with Gasteiger partial charge in [-0.3, -0.25) is 14.5 Å². The molecule has 1 aromatic heterocycles. The van der Waals surface area contributed by atoms with E-state index in [0.29, 0.717) is 69.4 Å². The van der Waals surface area contributed by atoms with E-state index in [1.54, 1.807) is 15.9 Å². The van der Waals surface area contributed by atoms with Crippen molar-refractivity contribution in [2.45, 2.75) is 38.5 Å². The van der Waals surface area contributed by atoms with Crippen LogP contribution < -0.4 is 20.0 Å². The number of carbonyl (C=O) groups excluding carboxylic acids is 3. The molecule has 6 rings (SSSR count). The molecule has 1 aromatic carbocycles. The van der Waals surface area contributed by atoms with Gasteiger partial charge in [-0.05, 0) is 61.4 Å². The molecule has 4 amide bonds. The van der Waals surface area contributed by atoms with Crippen molar-refractivity contribution in [2.24, 2.45) is 0 Å². The zero-order valence-corrected chi connectivity index (χ0v) is 20.7. The maximum Gasteiger partial charge on any atom is 0.322 e. The zero-order valence-electron chi connectivity index (χ0n) is 20.7. The lowest BCUT2D eigenvalue weighted by atomic mass is 10.1. The van der Waals surface area contributed by atoms with Crippen molar-refractivity contribution in [3.05, 3.63) is 47.2 Å². The van der Waals surface area contributed by atoms with Crippen molar-refractivity contribution in [3.8, 4) is 0 Å². The number of hydrogen-bond donors (Lipinski definition) is 1. The van der Waals surface area contributed by atoms with Crippen LogP contribution in [0, 0.1) is 6.92 Å².